The van der Waals surface area contributed by atoms with Crippen LogP contribution in [0, 0.1) is 0 Å². The Hall–Kier alpha value is -1.88. The molecule has 0 heterocycles. The Balaban J connectivity index is 2.52. The van der Waals surface area contributed by atoms with Crippen LogP contribution >= 0.6 is 12.2 Å². The quantitative estimate of drug-likeness (QED) is 0.361. The minimum Gasteiger partial charge on any atom is -0.489 e. The molecule has 17 heavy (non-hydrogen) atoms. The summed E-state index contributed by atoms with van der Waals surface area (Å²) in [5.41, 5.74) is 9.62. The molecule has 0 unspecified atom stereocenters. The normalized spacial score (nSPS) is 10.2. The van der Waals surface area contributed by atoms with Gasteiger partial charge in [-0.25, -0.2) is 0 Å². The van der Waals surface area contributed by atoms with Crippen LogP contribution in [0.15, 0.2) is 41.5 Å². The highest BCUT2D eigenvalue weighted by Crippen LogP contribution is 2.11. The lowest BCUT2D eigenvalue weighted by atomic mass is 10.2. The number of benzene rings is 1. The SMILES string of the molecule is C=C(C)COc1ccc(/C=N/NC(N)=S)cc1. The summed E-state index contributed by atoms with van der Waals surface area (Å²) in [6.45, 7) is 6.21. The lowest BCUT2D eigenvalue weighted by Gasteiger charge is -2.05. The molecule has 0 saturated carbocycles. The van der Waals surface area contributed by atoms with Crippen molar-refractivity contribution in [1.82, 2.24) is 5.43 Å². The van der Waals surface area contributed by atoms with E-state index in [1.165, 1.54) is 0 Å². The van der Waals surface area contributed by atoms with Crippen LogP contribution in [-0.2, 0) is 0 Å². The average molecular weight is 249 g/mol. The van der Waals surface area contributed by atoms with Crippen molar-refractivity contribution in [2.75, 3.05) is 6.61 Å². The molecule has 0 aliphatic rings. The van der Waals surface area contributed by atoms with E-state index in [-0.39, 0.29) is 5.11 Å². The lowest BCUT2D eigenvalue weighted by molar-refractivity contribution is 0.352. The molecule has 0 aliphatic carbocycles. The molecule has 5 heteroatoms. The standard InChI is InChI=1S/C12H15N3OS/c1-9(2)8-16-11-5-3-10(4-6-11)7-14-15-12(13)17/h3-7H,1,8H2,2H3,(H3,13,15,17)/b14-7+. The van der Waals surface area contributed by atoms with Crippen molar-refractivity contribution in [3.63, 3.8) is 0 Å². The third-order valence-corrected chi connectivity index (χ3v) is 1.84. The molecule has 0 saturated heterocycles. The summed E-state index contributed by atoms with van der Waals surface area (Å²) in [4.78, 5) is 0. The molecule has 0 fully saturated rings. The number of hydrazone groups is 1. The first kappa shape index (κ1) is 13.2. The smallest absolute Gasteiger partial charge is 0.184 e. The van der Waals surface area contributed by atoms with E-state index in [9.17, 15) is 0 Å². The summed E-state index contributed by atoms with van der Waals surface area (Å²) in [6.07, 6.45) is 1.63. The number of thiocarbonyl (C=S) groups is 1. The highest BCUT2D eigenvalue weighted by atomic mass is 32.1. The minimum absolute atomic E-state index is 0.141. The van der Waals surface area contributed by atoms with Gasteiger partial charge in [-0.05, 0) is 54.5 Å². The monoisotopic (exact) mass is 249 g/mol. The molecule has 0 aliphatic heterocycles. The van der Waals surface area contributed by atoms with Crippen molar-refractivity contribution in [2.24, 2.45) is 10.8 Å². The summed E-state index contributed by atoms with van der Waals surface area (Å²) < 4.78 is 5.46. The molecule has 1 aromatic rings. The van der Waals surface area contributed by atoms with E-state index in [1.54, 1.807) is 6.21 Å². The van der Waals surface area contributed by atoms with E-state index in [4.69, 9.17) is 10.5 Å². The van der Waals surface area contributed by atoms with Gasteiger partial charge in [-0.1, -0.05) is 6.58 Å². The summed E-state index contributed by atoms with van der Waals surface area (Å²) in [5.74, 6) is 0.799. The van der Waals surface area contributed by atoms with Gasteiger partial charge >= 0.3 is 0 Å². The lowest BCUT2D eigenvalue weighted by Crippen LogP contribution is -2.23. The zero-order valence-corrected chi connectivity index (χ0v) is 10.5. The second-order valence-corrected chi connectivity index (χ2v) is 3.99. The summed E-state index contributed by atoms with van der Waals surface area (Å²) in [6, 6.07) is 7.51. The molecule has 0 aromatic heterocycles. The van der Waals surface area contributed by atoms with E-state index < -0.39 is 0 Å². The largest absolute Gasteiger partial charge is 0.489 e. The Morgan fingerprint density at radius 2 is 2.18 bits per heavy atom. The van der Waals surface area contributed by atoms with E-state index in [2.05, 4.69) is 29.3 Å². The Kier molecular flexibility index (Phi) is 5.16. The van der Waals surface area contributed by atoms with Crippen molar-refractivity contribution >= 4 is 23.5 Å². The number of nitrogens with two attached hydrogens (primary N) is 1. The third-order valence-electron chi connectivity index (χ3n) is 1.75. The molecule has 0 radical (unpaired) electrons. The van der Waals surface area contributed by atoms with E-state index in [0.717, 1.165) is 16.9 Å². The van der Waals surface area contributed by atoms with Gasteiger partial charge in [0.2, 0.25) is 0 Å². The number of hydrogen-bond donors (Lipinski definition) is 2. The van der Waals surface area contributed by atoms with E-state index >= 15 is 0 Å². The van der Waals surface area contributed by atoms with Crippen molar-refractivity contribution in [2.45, 2.75) is 6.92 Å². The number of hydrogen-bond acceptors (Lipinski definition) is 3. The summed E-state index contributed by atoms with van der Waals surface area (Å²) in [7, 11) is 0. The second-order valence-electron chi connectivity index (χ2n) is 3.55. The fourth-order valence-corrected chi connectivity index (χ4v) is 1.08. The van der Waals surface area contributed by atoms with Crippen LogP contribution in [0.2, 0.25) is 0 Å². The maximum atomic E-state index is 5.46. The average Bonchev–Trinajstić information content (AvgIpc) is 2.27. The van der Waals surface area contributed by atoms with Crippen LogP contribution in [0.1, 0.15) is 12.5 Å². The predicted octanol–water partition coefficient (Wildman–Crippen LogP) is 1.81. The minimum atomic E-state index is 0.141. The summed E-state index contributed by atoms with van der Waals surface area (Å²) >= 11 is 4.62. The highest BCUT2D eigenvalue weighted by Gasteiger charge is 1.94. The van der Waals surface area contributed by atoms with Gasteiger partial charge in [-0.15, -0.1) is 0 Å². The Labute approximate surface area is 106 Å². The molecule has 0 spiro atoms. The maximum absolute atomic E-state index is 5.46. The Morgan fingerprint density at radius 3 is 2.71 bits per heavy atom. The van der Waals surface area contributed by atoms with Gasteiger partial charge in [-0.2, -0.15) is 5.10 Å². The van der Waals surface area contributed by atoms with Crippen molar-refractivity contribution < 1.29 is 4.74 Å². The molecule has 1 rings (SSSR count). The van der Waals surface area contributed by atoms with Gasteiger partial charge in [0.1, 0.15) is 12.4 Å². The third kappa shape index (κ3) is 5.67. The van der Waals surface area contributed by atoms with Crippen LogP contribution < -0.4 is 15.9 Å². The molecular weight excluding hydrogens is 234 g/mol. The van der Waals surface area contributed by atoms with Crippen molar-refractivity contribution in [1.29, 1.82) is 0 Å². The molecule has 0 atom stereocenters. The maximum Gasteiger partial charge on any atom is 0.184 e. The topological polar surface area (TPSA) is 59.6 Å². The molecular formula is C12H15N3OS. The van der Waals surface area contributed by atoms with Crippen LogP contribution in [0.4, 0.5) is 0 Å². The van der Waals surface area contributed by atoms with Gasteiger partial charge in [0.05, 0.1) is 6.21 Å². The highest BCUT2D eigenvalue weighted by molar-refractivity contribution is 7.80. The molecule has 3 N–H and O–H groups in total. The predicted molar refractivity (Wildman–Crippen MR) is 74.3 cm³/mol. The van der Waals surface area contributed by atoms with Gasteiger partial charge in [0, 0.05) is 0 Å². The number of ether oxygens (including phenoxy) is 1. The van der Waals surface area contributed by atoms with Crippen LogP contribution in [-0.4, -0.2) is 17.9 Å². The van der Waals surface area contributed by atoms with Crippen LogP contribution in [0.3, 0.4) is 0 Å². The summed E-state index contributed by atoms with van der Waals surface area (Å²) in [5, 5.41) is 3.99. The van der Waals surface area contributed by atoms with Crippen LogP contribution in [0.5, 0.6) is 5.75 Å². The first-order valence-electron chi connectivity index (χ1n) is 5.03. The van der Waals surface area contributed by atoms with Gasteiger partial charge in [-0.3, -0.25) is 5.43 Å². The molecule has 0 bridgehead atoms. The second kappa shape index (κ2) is 6.65. The Morgan fingerprint density at radius 1 is 1.53 bits per heavy atom. The molecule has 1 aromatic carbocycles. The van der Waals surface area contributed by atoms with Gasteiger partial charge in [0.15, 0.2) is 5.11 Å². The Bertz CT molecular complexity index is 426. The van der Waals surface area contributed by atoms with Gasteiger partial charge in [0.25, 0.3) is 0 Å². The molecule has 0 amide bonds. The van der Waals surface area contributed by atoms with E-state index in [1.807, 2.05) is 31.2 Å². The molecule has 90 valence electrons. The number of nitrogens with one attached hydrogen (secondary N) is 1. The van der Waals surface area contributed by atoms with Crippen molar-refractivity contribution in [3.05, 3.63) is 42.0 Å². The fourth-order valence-electron chi connectivity index (χ4n) is 1.03. The van der Waals surface area contributed by atoms with Crippen LogP contribution in [0.25, 0.3) is 0 Å². The number of nitrogens with zero attached hydrogens (tertiary/aromatic N) is 1. The van der Waals surface area contributed by atoms with Crippen molar-refractivity contribution in [3.8, 4) is 5.75 Å². The zero-order valence-electron chi connectivity index (χ0n) is 9.64. The van der Waals surface area contributed by atoms with E-state index in [0.29, 0.717) is 6.61 Å². The van der Waals surface area contributed by atoms with Gasteiger partial charge < -0.3 is 10.5 Å². The number of rotatable bonds is 5. The first-order valence-corrected chi connectivity index (χ1v) is 5.44. The zero-order chi connectivity index (χ0) is 12.7. The molecule has 4 nitrogen and oxygen atoms in total. The fraction of sp³-hybridized carbons (Fsp3) is 0.167. The first-order chi connectivity index (χ1) is 8.08.